The number of hydrogen-bond donors (Lipinski definition) is 3. The van der Waals surface area contributed by atoms with E-state index >= 15 is 0 Å². The van der Waals surface area contributed by atoms with Gasteiger partial charge in [-0.1, -0.05) is 83.1 Å². The third-order valence-electron chi connectivity index (χ3n) is 3.93. The van der Waals surface area contributed by atoms with Gasteiger partial charge in [-0.25, -0.2) is 0 Å². The van der Waals surface area contributed by atoms with Crippen LogP contribution < -0.4 is 16.0 Å². The molecule has 1 rings (SSSR count). The number of terminal acetylenes is 1. The van der Waals surface area contributed by atoms with E-state index in [1.165, 1.54) is 0 Å². The van der Waals surface area contributed by atoms with Gasteiger partial charge < -0.3 is 16.0 Å². The Balaban J connectivity index is -0.000000617. The van der Waals surface area contributed by atoms with E-state index in [0.29, 0.717) is 18.7 Å². The first-order valence-electron chi connectivity index (χ1n) is 13.0. The fourth-order valence-electron chi connectivity index (χ4n) is 2.08. The second-order valence-electron chi connectivity index (χ2n) is 6.21. The summed E-state index contributed by atoms with van der Waals surface area (Å²) in [5.74, 6) is 1.06. The minimum Gasteiger partial charge on any atom is -0.355 e. The third-order valence-corrected chi connectivity index (χ3v) is 6.34. The van der Waals surface area contributed by atoms with E-state index in [1.807, 2.05) is 54.5 Å². The fraction of sp³-hybridized carbons (Fsp3) is 0.571. The van der Waals surface area contributed by atoms with Crippen LogP contribution in [-0.2, 0) is 16.0 Å². The Morgan fingerprint density at radius 1 is 0.946 bits per heavy atom. The Labute approximate surface area is 234 Å². The molecule has 1 aromatic heterocycles. The van der Waals surface area contributed by atoms with E-state index in [2.05, 4.69) is 40.4 Å². The van der Waals surface area contributed by atoms with Gasteiger partial charge in [0.15, 0.2) is 0 Å². The third kappa shape index (κ3) is 25.0. The SMILES string of the molecule is C#C.C=CC(C)C(=O)NCCSSCCNC(=O)CCNC(=O)c1ccc(CC)nc1.CC.CC.CC. The molecule has 1 heterocycles. The summed E-state index contributed by atoms with van der Waals surface area (Å²) in [6, 6.07) is 3.56. The van der Waals surface area contributed by atoms with E-state index in [-0.39, 0.29) is 36.6 Å². The number of nitrogens with zero attached hydrogens (tertiary/aromatic N) is 1. The zero-order valence-corrected chi connectivity index (χ0v) is 25.8. The highest BCUT2D eigenvalue weighted by molar-refractivity contribution is 8.76. The molecule has 9 heteroatoms. The predicted octanol–water partition coefficient (Wildman–Crippen LogP) is 5.53. The number of amides is 3. The molecule has 212 valence electrons. The zero-order chi connectivity index (χ0) is 29.5. The van der Waals surface area contributed by atoms with E-state index in [4.69, 9.17) is 0 Å². The highest BCUT2D eigenvalue weighted by Gasteiger charge is 2.08. The van der Waals surface area contributed by atoms with Crippen molar-refractivity contribution >= 4 is 39.3 Å². The van der Waals surface area contributed by atoms with Crippen molar-refractivity contribution in [2.75, 3.05) is 31.1 Å². The molecule has 0 bridgehead atoms. The lowest BCUT2D eigenvalue weighted by Gasteiger charge is -2.08. The molecule has 37 heavy (non-hydrogen) atoms. The van der Waals surface area contributed by atoms with Gasteiger partial charge in [-0.3, -0.25) is 19.4 Å². The van der Waals surface area contributed by atoms with Crippen LogP contribution in [0.4, 0.5) is 0 Å². The maximum absolute atomic E-state index is 12.0. The lowest BCUT2D eigenvalue weighted by atomic mass is 10.2. The summed E-state index contributed by atoms with van der Waals surface area (Å²) in [5.41, 5.74) is 1.43. The summed E-state index contributed by atoms with van der Waals surface area (Å²) >= 11 is 0. The van der Waals surface area contributed by atoms with Crippen molar-refractivity contribution in [1.82, 2.24) is 20.9 Å². The van der Waals surface area contributed by atoms with Crippen LogP contribution in [0, 0.1) is 18.8 Å². The normalized spacial score (nSPS) is 9.46. The van der Waals surface area contributed by atoms with Gasteiger partial charge in [0.25, 0.3) is 5.91 Å². The standard InChI is InChI=1S/C20H30N4O3S2.3C2H6.C2H2/c1-4-15(3)19(26)23-11-13-29-28-12-10-21-18(25)8-9-22-20(27)16-6-7-17(5-2)24-14-16;4*1-2/h4,6-7,14-15H,1,5,8-13H2,2-3H3,(H,21,25)(H,22,27)(H,23,26);3*1-2H3;1-2H. The van der Waals surface area contributed by atoms with E-state index in [1.54, 1.807) is 46.9 Å². The van der Waals surface area contributed by atoms with Gasteiger partial charge in [0, 0.05) is 49.5 Å². The van der Waals surface area contributed by atoms with Crippen molar-refractivity contribution in [1.29, 1.82) is 0 Å². The molecule has 1 unspecified atom stereocenters. The first-order chi connectivity index (χ1) is 18.0. The maximum atomic E-state index is 12.0. The molecular weight excluding hydrogens is 504 g/mol. The fourth-order valence-corrected chi connectivity index (χ4v) is 3.90. The van der Waals surface area contributed by atoms with Crippen LogP contribution in [0.3, 0.4) is 0 Å². The molecule has 0 aliphatic heterocycles. The number of pyridine rings is 1. The van der Waals surface area contributed by atoms with Crippen LogP contribution in [0.5, 0.6) is 0 Å². The molecule has 0 aliphatic rings. The molecule has 3 amide bonds. The largest absolute Gasteiger partial charge is 0.355 e. The first-order valence-corrected chi connectivity index (χ1v) is 15.4. The lowest BCUT2D eigenvalue weighted by molar-refractivity contribution is -0.123. The monoisotopic (exact) mass is 554 g/mol. The molecule has 0 fully saturated rings. The smallest absolute Gasteiger partial charge is 0.252 e. The highest BCUT2D eigenvalue weighted by atomic mass is 33.1. The van der Waals surface area contributed by atoms with Crippen molar-refractivity contribution in [3.63, 3.8) is 0 Å². The highest BCUT2D eigenvalue weighted by Crippen LogP contribution is 2.19. The molecular formula is C28H50N4O3S2. The predicted molar refractivity (Wildman–Crippen MR) is 165 cm³/mol. The Hall–Kier alpha value is -2.44. The number of rotatable bonds is 14. The average molecular weight is 555 g/mol. The molecule has 0 spiro atoms. The molecule has 1 aromatic rings. The summed E-state index contributed by atoms with van der Waals surface area (Å²) in [7, 11) is 3.29. The minimum absolute atomic E-state index is 0.0146. The molecule has 3 N–H and O–H groups in total. The summed E-state index contributed by atoms with van der Waals surface area (Å²) in [6.45, 7) is 20.9. The van der Waals surface area contributed by atoms with Crippen LogP contribution in [0.2, 0.25) is 0 Å². The molecule has 0 saturated carbocycles. The lowest BCUT2D eigenvalue weighted by Crippen LogP contribution is -2.31. The van der Waals surface area contributed by atoms with E-state index < -0.39 is 0 Å². The Morgan fingerprint density at radius 3 is 1.95 bits per heavy atom. The van der Waals surface area contributed by atoms with Crippen molar-refractivity contribution in [3.8, 4) is 12.8 Å². The first kappa shape index (κ1) is 41.7. The Kier molecular flexibility index (Phi) is 37.8. The molecule has 0 aliphatic carbocycles. The van der Waals surface area contributed by atoms with Crippen LogP contribution in [0.1, 0.15) is 77.9 Å². The van der Waals surface area contributed by atoms with Crippen LogP contribution >= 0.6 is 21.6 Å². The van der Waals surface area contributed by atoms with Gasteiger partial charge in [-0.05, 0) is 18.6 Å². The second-order valence-corrected chi connectivity index (χ2v) is 8.91. The quantitative estimate of drug-likeness (QED) is 0.121. The minimum atomic E-state index is -0.227. The average Bonchev–Trinajstić information content (AvgIpc) is 2.98. The van der Waals surface area contributed by atoms with Gasteiger partial charge in [0.2, 0.25) is 11.8 Å². The zero-order valence-electron chi connectivity index (χ0n) is 24.2. The summed E-state index contributed by atoms with van der Waals surface area (Å²) in [5, 5.41) is 8.39. The van der Waals surface area contributed by atoms with Gasteiger partial charge in [0.1, 0.15) is 0 Å². The number of hydrogen-bond acceptors (Lipinski definition) is 6. The van der Waals surface area contributed by atoms with Crippen LogP contribution in [-0.4, -0.2) is 53.8 Å². The molecule has 0 saturated heterocycles. The summed E-state index contributed by atoms with van der Waals surface area (Å²) in [4.78, 5) is 39.5. The van der Waals surface area contributed by atoms with Crippen LogP contribution in [0.15, 0.2) is 31.0 Å². The summed E-state index contributed by atoms with van der Waals surface area (Å²) < 4.78 is 0. The topological polar surface area (TPSA) is 100 Å². The molecule has 1 atom stereocenters. The number of aromatic nitrogens is 1. The van der Waals surface area contributed by atoms with Crippen molar-refractivity contribution in [2.24, 2.45) is 5.92 Å². The number of carbonyl (C=O) groups excluding carboxylic acids is 3. The molecule has 7 nitrogen and oxygen atoms in total. The van der Waals surface area contributed by atoms with Crippen LogP contribution in [0.25, 0.3) is 0 Å². The van der Waals surface area contributed by atoms with Gasteiger partial charge in [0.05, 0.1) is 11.5 Å². The van der Waals surface area contributed by atoms with E-state index in [9.17, 15) is 14.4 Å². The number of aryl methyl sites for hydroxylation is 1. The van der Waals surface area contributed by atoms with Crippen molar-refractivity contribution in [3.05, 3.63) is 42.2 Å². The van der Waals surface area contributed by atoms with Gasteiger partial charge >= 0.3 is 0 Å². The van der Waals surface area contributed by atoms with E-state index in [0.717, 1.165) is 23.6 Å². The Morgan fingerprint density at radius 2 is 1.49 bits per heavy atom. The van der Waals surface area contributed by atoms with Gasteiger partial charge in [-0.2, -0.15) is 0 Å². The number of carbonyl (C=O) groups is 3. The second kappa shape index (κ2) is 33.6. The Bertz CT molecular complexity index is 711. The van der Waals surface area contributed by atoms with Crippen molar-refractivity contribution < 1.29 is 14.4 Å². The molecule has 0 aromatic carbocycles. The molecule has 0 radical (unpaired) electrons. The number of nitrogens with one attached hydrogen (secondary N) is 3. The van der Waals surface area contributed by atoms with Crippen molar-refractivity contribution in [2.45, 2.75) is 68.2 Å². The van der Waals surface area contributed by atoms with Gasteiger partial charge in [-0.15, -0.1) is 19.4 Å². The maximum Gasteiger partial charge on any atom is 0.252 e. The summed E-state index contributed by atoms with van der Waals surface area (Å²) in [6.07, 6.45) is 12.2.